The number of aryl methyl sites for hydroxylation is 1. The lowest BCUT2D eigenvalue weighted by Gasteiger charge is -1.93. The van der Waals surface area contributed by atoms with Crippen LogP contribution in [-0.2, 0) is 7.05 Å². The largest absolute Gasteiger partial charge is 0.382 e. The predicted molar refractivity (Wildman–Crippen MR) is 51.8 cm³/mol. The standard InChI is InChI=1S/C8H8N4O2/c1-11-7-3-2-5(12(13)14)4-6(7)8(9)10-11/h2-4H,1H3,(H2,9,10). The number of nitrogens with zero attached hydrogens (tertiary/aromatic N) is 3. The van der Waals surface area contributed by atoms with Crippen molar-refractivity contribution in [3.8, 4) is 0 Å². The van der Waals surface area contributed by atoms with Crippen molar-refractivity contribution >= 4 is 22.4 Å². The highest BCUT2D eigenvalue weighted by molar-refractivity contribution is 5.90. The smallest absolute Gasteiger partial charge is 0.270 e. The Morgan fingerprint density at radius 3 is 2.93 bits per heavy atom. The van der Waals surface area contributed by atoms with Gasteiger partial charge in [0.05, 0.1) is 15.8 Å². The molecule has 0 atom stereocenters. The average Bonchev–Trinajstić information content (AvgIpc) is 2.42. The lowest BCUT2D eigenvalue weighted by atomic mass is 10.2. The Kier molecular flexibility index (Phi) is 1.63. The van der Waals surface area contributed by atoms with Crippen molar-refractivity contribution in [3.63, 3.8) is 0 Å². The number of anilines is 1. The van der Waals surface area contributed by atoms with Crippen molar-refractivity contribution in [2.24, 2.45) is 7.05 Å². The zero-order valence-electron chi connectivity index (χ0n) is 7.47. The summed E-state index contributed by atoms with van der Waals surface area (Å²) in [6.07, 6.45) is 0. The van der Waals surface area contributed by atoms with Crippen LogP contribution >= 0.6 is 0 Å². The van der Waals surface area contributed by atoms with Crippen LogP contribution in [0, 0.1) is 10.1 Å². The monoisotopic (exact) mass is 192 g/mol. The second-order valence-corrected chi connectivity index (χ2v) is 2.97. The maximum atomic E-state index is 10.5. The van der Waals surface area contributed by atoms with Crippen molar-refractivity contribution in [2.75, 3.05) is 5.73 Å². The van der Waals surface area contributed by atoms with Crippen LogP contribution in [0.2, 0.25) is 0 Å². The molecule has 0 aliphatic heterocycles. The second-order valence-electron chi connectivity index (χ2n) is 2.97. The van der Waals surface area contributed by atoms with Crippen LogP contribution in [0.5, 0.6) is 0 Å². The molecule has 1 aromatic carbocycles. The fourth-order valence-corrected chi connectivity index (χ4v) is 1.39. The quantitative estimate of drug-likeness (QED) is 0.540. The van der Waals surface area contributed by atoms with E-state index < -0.39 is 4.92 Å². The molecular weight excluding hydrogens is 184 g/mol. The normalized spacial score (nSPS) is 10.6. The lowest BCUT2D eigenvalue weighted by Crippen LogP contribution is -1.91. The Hall–Kier alpha value is -2.11. The van der Waals surface area contributed by atoms with E-state index in [9.17, 15) is 10.1 Å². The maximum Gasteiger partial charge on any atom is 0.270 e. The van der Waals surface area contributed by atoms with Crippen LogP contribution in [0.15, 0.2) is 18.2 Å². The molecule has 2 aromatic rings. The molecule has 0 fully saturated rings. The molecule has 14 heavy (non-hydrogen) atoms. The first-order chi connectivity index (χ1) is 6.59. The van der Waals surface area contributed by atoms with Gasteiger partial charge in [0, 0.05) is 19.2 Å². The minimum Gasteiger partial charge on any atom is -0.382 e. The van der Waals surface area contributed by atoms with Crippen LogP contribution in [-0.4, -0.2) is 14.7 Å². The fourth-order valence-electron chi connectivity index (χ4n) is 1.39. The van der Waals surface area contributed by atoms with Gasteiger partial charge in [0.25, 0.3) is 5.69 Å². The van der Waals surface area contributed by atoms with E-state index >= 15 is 0 Å². The number of nitrogens with two attached hydrogens (primary N) is 1. The molecule has 72 valence electrons. The minimum atomic E-state index is -0.453. The van der Waals surface area contributed by atoms with Crippen molar-refractivity contribution < 1.29 is 4.92 Å². The molecule has 1 heterocycles. The van der Waals surface area contributed by atoms with E-state index in [0.29, 0.717) is 11.2 Å². The maximum absolute atomic E-state index is 10.5. The molecule has 0 saturated carbocycles. The van der Waals surface area contributed by atoms with E-state index in [0.717, 1.165) is 5.52 Å². The number of hydrogen-bond donors (Lipinski definition) is 1. The van der Waals surface area contributed by atoms with Gasteiger partial charge in [-0.1, -0.05) is 0 Å². The number of fused-ring (bicyclic) bond motifs is 1. The molecule has 0 bridgehead atoms. The zero-order valence-corrected chi connectivity index (χ0v) is 7.47. The first kappa shape index (κ1) is 8.49. The summed E-state index contributed by atoms with van der Waals surface area (Å²) in [6, 6.07) is 4.50. The zero-order chi connectivity index (χ0) is 10.3. The van der Waals surface area contributed by atoms with Crippen LogP contribution in [0.25, 0.3) is 10.9 Å². The van der Waals surface area contributed by atoms with Crippen molar-refractivity contribution in [1.82, 2.24) is 9.78 Å². The van der Waals surface area contributed by atoms with E-state index in [2.05, 4.69) is 5.10 Å². The molecule has 0 saturated heterocycles. The van der Waals surface area contributed by atoms with Gasteiger partial charge in [0.1, 0.15) is 0 Å². The Labute approximate surface area is 79.1 Å². The third-order valence-electron chi connectivity index (χ3n) is 2.07. The first-order valence-corrected chi connectivity index (χ1v) is 3.96. The Morgan fingerprint density at radius 2 is 2.29 bits per heavy atom. The average molecular weight is 192 g/mol. The summed E-state index contributed by atoms with van der Waals surface area (Å²) in [5.41, 5.74) is 6.40. The number of nitro groups is 1. The van der Waals surface area contributed by atoms with Gasteiger partial charge in [0.2, 0.25) is 0 Å². The number of aromatic nitrogens is 2. The summed E-state index contributed by atoms with van der Waals surface area (Å²) in [7, 11) is 1.74. The minimum absolute atomic E-state index is 0.0252. The van der Waals surface area contributed by atoms with Gasteiger partial charge in [-0.05, 0) is 6.07 Å². The van der Waals surface area contributed by atoms with Gasteiger partial charge < -0.3 is 5.73 Å². The van der Waals surface area contributed by atoms with Gasteiger partial charge in [0.15, 0.2) is 5.82 Å². The molecule has 0 aliphatic carbocycles. The van der Waals surface area contributed by atoms with Crippen LogP contribution in [0.1, 0.15) is 0 Å². The van der Waals surface area contributed by atoms with E-state index in [4.69, 9.17) is 5.73 Å². The predicted octanol–water partition coefficient (Wildman–Crippen LogP) is 1.06. The molecule has 0 radical (unpaired) electrons. The summed E-state index contributed by atoms with van der Waals surface area (Å²) in [5.74, 6) is 0.311. The van der Waals surface area contributed by atoms with E-state index in [1.54, 1.807) is 17.8 Å². The molecule has 0 spiro atoms. The summed E-state index contributed by atoms with van der Waals surface area (Å²) in [6.45, 7) is 0. The van der Waals surface area contributed by atoms with Gasteiger partial charge >= 0.3 is 0 Å². The number of rotatable bonds is 1. The third-order valence-corrected chi connectivity index (χ3v) is 2.07. The third kappa shape index (κ3) is 1.08. The Bertz CT molecular complexity index is 517. The SMILES string of the molecule is Cn1nc(N)c2cc([N+](=O)[O-])ccc21. The van der Waals surface area contributed by atoms with Crippen LogP contribution in [0.4, 0.5) is 11.5 Å². The lowest BCUT2D eigenvalue weighted by molar-refractivity contribution is -0.384. The highest BCUT2D eigenvalue weighted by atomic mass is 16.6. The van der Waals surface area contributed by atoms with Crippen molar-refractivity contribution in [1.29, 1.82) is 0 Å². The van der Waals surface area contributed by atoms with Crippen molar-refractivity contribution in [3.05, 3.63) is 28.3 Å². The first-order valence-electron chi connectivity index (χ1n) is 3.96. The van der Waals surface area contributed by atoms with Gasteiger partial charge in [-0.25, -0.2) is 0 Å². The highest BCUT2D eigenvalue weighted by Crippen LogP contribution is 2.24. The molecule has 6 heteroatoms. The molecule has 6 nitrogen and oxygen atoms in total. The van der Waals surface area contributed by atoms with Crippen LogP contribution < -0.4 is 5.73 Å². The molecule has 2 N–H and O–H groups in total. The number of benzene rings is 1. The topological polar surface area (TPSA) is 87.0 Å². The second kappa shape index (κ2) is 2.69. The summed E-state index contributed by atoms with van der Waals surface area (Å²) in [5, 5.41) is 15.1. The van der Waals surface area contributed by atoms with E-state index in [-0.39, 0.29) is 5.69 Å². The van der Waals surface area contributed by atoms with Crippen LogP contribution in [0.3, 0.4) is 0 Å². The Balaban J connectivity index is 2.77. The van der Waals surface area contributed by atoms with E-state index in [1.807, 2.05) is 0 Å². The fraction of sp³-hybridized carbons (Fsp3) is 0.125. The molecule has 0 amide bonds. The van der Waals surface area contributed by atoms with Gasteiger partial charge in [-0.2, -0.15) is 5.10 Å². The molecule has 2 rings (SSSR count). The van der Waals surface area contributed by atoms with Crippen molar-refractivity contribution in [2.45, 2.75) is 0 Å². The Morgan fingerprint density at radius 1 is 1.57 bits per heavy atom. The highest BCUT2D eigenvalue weighted by Gasteiger charge is 2.11. The summed E-state index contributed by atoms with van der Waals surface area (Å²) < 4.78 is 1.59. The van der Waals surface area contributed by atoms with E-state index in [1.165, 1.54) is 12.1 Å². The summed E-state index contributed by atoms with van der Waals surface area (Å²) >= 11 is 0. The van der Waals surface area contributed by atoms with Gasteiger partial charge in [-0.15, -0.1) is 0 Å². The van der Waals surface area contributed by atoms with Gasteiger partial charge in [-0.3, -0.25) is 14.8 Å². The number of non-ortho nitro benzene ring substituents is 1. The summed E-state index contributed by atoms with van der Waals surface area (Å²) in [4.78, 5) is 10.0. The number of hydrogen-bond acceptors (Lipinski definition) is 4. The molecule has 0 aliphatic rings. The molecular formula is C8H8N4O2. The molecule has 1 aromatic heterocycles. The molecule has 0 unspecified atom stereocenters. The number of nitrogen functional groups attached to an aromatic ring is 1. The number of nitro benzene ring substituents is 1.